The van der Waals surface area contributed by atoms with Crippen molar-refractivity contribution in [3.63, 3.8) is 0 Å². The Morgan fingerprint density at radius 2 is 1.95 bits per heavy atom. The Morgan fingerprint density at radius 3 is 2.60 bits per heavy atom. The molecule has 0 radical (unpaired) electrons. The molecule has 4 aromatic rings. The van der Waals surface area contributed by atoms with Crippen LogP contribution in [0.3, 0.4) is 0 Å². The van der Waals surface area contributed by atoms with Gasteiger partial charge in [0.25, 0.3) is 5.89 Å². The molecule has 3 aromatic heterocycles. The average molecular weight is 608 g/mol. The summed E-state index contributed by atoms with van der Waals surface area (Å²) in [4.78, 5) is 17.6. The third kappa shape index (κ3) is 5.76. The number of benzene rings is 1. The van der Waals surface area contributed by atoms with Crippen LogP contribution in [0.2, 0.25) is 0 Å². The molecular weight excluding hydrogens is 579 g/mol. The number of fused-ring (bicyclic) bond motifs is 1. The first-order valence-electron chi connectivity index (χ1n) is 12.9. The Bertz CT molecular complexity index is 1720. The number of halogens is 3. The van der Waals surface area contributed by atoms with Gasteiger partial charge >= 0.3 is 22.7 Å². The maximum atomic E-state index is 14.3. The molecule has 1 unspecified atom stereocenters. The zero-order valence-corrected chi connectivity index (χ0v) is 23.7. The molecule has 0 aliphatic carbocycles. The number of rotatable bonds is 7. The van der Waals surface area contributed by atoms with Crippen molar-refractivity contribution in [2.24, 2.45) is 5.41 Å². The summed E-state index contributed by atoms with van der Waals surface area (Å²) in [7, 11) is -4.30. The SMILES string of the molecule is CC(C)(C)C1CN(S(=O)(=O)N(Cc2cn3ccc(-c4nnc(C(F)F)o4)cc3n2)c2cccc(F)c2)CCN1C(=O)O. The lowest BCUT2D eigenvalue weighted by Crippen LogP contribution is -2.62. The van der Waals surface area contributed by atoms with Gasteiger partial charge in [-0.2, -0.15) is 21.5 Å². The number of aromatic nitrogens is 4. The van der Waals surface area contributed by atoms with Gasteiger partial charge in [-0.05, 0) is 35.7 Å². The molecule has 0 spiro atoms. The summed E-state index contributed by atoms with van der Waals surface area (Å²) >= 11 is 0. The number of imidazole rings is 1. The van der Waals surface area contributed by atoms with Gasteiger partial charge in [0.1, 0.15) is 11.5 Å². The minimum atomic E-state index is -4.30. The number of alkyl halides is 2. The molecule has 0 saturated carbocycles. The fraction of sp³-hybridized carbons (Fsp3) is 0.385. The van der Waals surface area contributed by atoms with E-state index in [4.69, 9.17) is 4.42 Å². The molecule has 1 fully saturated rings. The molecular formula is C26H28F3N7O5S. The molecule has 12 nitrogen and oxygen atoms in total. The second kappa shape index (κ2) is 10.9. The van der Waals surface area contributed by atoms with Gasteiger partial charge < -0.3 is 18.8 Å². The molecule has 1 aliphatic heterocycles. The monoisotopic (exact) mass is 607 g/mol. The van der Waals surface area contributed by atoms with E-state index in [1.807, 2.05) is 20.8 Å². The first kappa shape index (κ1) is 29.3. The highest BCUT2D eigenvalue weighted by molar-refractivity contribution is 7.90. The van der Waals surface area contributed by atoms with E-state index in [1.165, 1.54) is 33.5 Å². The summed E-state index contributed by atoms with van der Waals surface area (Å²) < 4.78 is 77.1. The van der Waals surface area contributed by atoms with Crippen molar-refractivity contribution in [3.8, 4) is 11.5 Å². The van der Waals surface area contributed by atoms with E-state index in [1.54, 1.807) is 22.9 Å². The van der Waals surface area contributed by atoms with Crippen molar-refractivity contribution < 1.29 is 35.9 Å². The Kier molecular flexibility index (Phi) is 7.61. The number of carboxylic acid groups (broad SMARTS) is 1. The third-order valence-electron chi connectivity index (χ3n) is 6.98. The number of amides is 1. The Balaban J connectivity index is 1.49. The van der Waals surface area contributed by atoms with Crippen LogP contribution in [0, 0.1) is 11.2 Å². The van der Waals surface area contributed by atoms with Crippen LogP contribution in [0.1, 0.15) is 38.8 Å². The number of hydrogen-bond acceptors (Lipinski definition) is 7. The molecule has 5 rings (SSSR count). The van der Waals surface area contributed by atoms with Crippen LogP contribution < -0.4 is 4.31 Å². The number of hydrogen-bond donors (Lipinski definition) is 1. The highest BCUT2D eigenvalue weighted by Crippen LogP contribution is 2.32. The number of nitrogens with zero attached hydrogens (tertiary/aromatic N) is 7. The molecule has 1 atom stereocenters. The number of piperazine rings is 1. The largest absolute Gasteiger partial charge is 0.465 e. The summed E-state index contributed by atoms with van der Waals surface area (Å²) in [5.74, 6) is -1.59. The van der Waals surface area contributed by atoms with Crippen LogP contribution in [-0.4, -0.2) is 74.1 Å². The Hall–Kier alpha value is -4.18. The smallest absolute Gasteiger partial charge is 0.407 e. The second-order valence-electron chi connectivity index (χ2n) is 10.9. The second-order valence-corrected chi connectivity index (χ2v) is 12.7. The highest BCUT2D eigenvalue weighted by Gasteiger charge is 2.43. The lowest BCUT2D eigenvalue weighted by atomic mass is 9.85. The fourth-order valence-electron chi connectivity index (χ4n) is 4.84. The number of pyridine rings is 1. The first-order chi connectivity index (χ1) is 19.7. The van der Waals surface area contributed by atoms with E-state index in [0.29, 0.717) is 16.9 Å². The minimum Gasteiger partial charge on any atom is -0.465 e. The summed E-state index contributed by atoms with van der Waals surface area (Å²) in [6, 6.07) is 7.58. The van der Waals surface area contributed by atoms with E-state index in [2.05, 4.69) is 15.2 Å². The predicted octanol–water partition coefficient (Wildman–Crippen LogP) is 4.42. The lowest BCUT2D eigenvalue weighted by Gasteiger charge is -2.46. The predicted molar refractivity (Wildman–Crippen MR) is 144 cm³/mol. The topological polar surface area (TPSA) is 137 Å². The van der Waals surface area contributed by atoms with E-state index >= 15 is 0 Å². The van der Waals surface area contributed by atoms with Gasteiger partial charge in [0.05, 0.1) is 24.0 Å². The number of anilines is 1. The van der Waals surface area contributed by atoms with Crippen LogP contribution in [0.25, 0.3) is 17.1 Å². The summed E-state index contributed by atoms with van der Waals surface area (Å²) in [6.45, 7) is 5.01. The average Bonchev–Trinajstić information content (AvgIpc) is 3.58. The van der Waals surface area contributed by atoms with Crippen molar-refractivity contribution in [1.82, 2.24) is 28.8 Å². The van der Waals surface area contributed by atoms with E-state index < -0.39 is 45.9 Å². The van der Waals surface area contributed by atoms with Crippen LogP contribution in [0.5, 0.6) is 0 Å². The van der Waals surface area contributed by atoms with Gasteiger partial charge in [-0.3, -0.25) is 4.31 Å². The van der Waals surface area contributed by atoms with Crippen molar-refractivity contribution in [3.05, 3.63) is 66.2 Å². The van der Waals surface area contributed by atoms with Crippen LogP contribution >= 0.6 is 0 Å². The minimum absolute atomic E-state index is 0.0341. The van der Waals surface area contributed by atoms with Crippen molar-refractivity contribution in [2.45, 2.75) is 39.8 Å². The molecule has 1 aromatic carbocycles. The molecule has 1 N–H and O–H groups in total. The zero-order valence-electron chi connectivity index (χ0n) is 22.9. The van der Waals surface area contributed by atoms with Gasteiger partial charge in [0.2, 0.25) is 5.89 Å². The standard InChI is InChI=1S/C26H28F3N7O5S/c1-26(2,3)20-15-34(9-10-35(20)25(37)38)42(39,40)36(19-6-4-5-17(27)12-19)14-18-13-33-8-7-16(11-21(33)30-18)23-31-32-24(41-23)22(28)29/h4-8,11-13,20,22H,9-10,14-15H2,1-3H3,(H,37,38). The van der Waals surface area contributed by atoms with Crippen LogP contribution in [-0.2, 0) is 16.8 Å². The van der Waals surface area contributed by atoms with Gasteiger partial charge in [-0.1, -0.05) is 26.8 Å². The molecule has 1 amide bonds. The van der Waals surface area contributed by atoms with Gasteiger partial charge in [-0.25, -0.2) is 14.2 Å². The van der Waals surface area contributed by atoms with Gasteiger partial charge in [0, 0.05) is 37.6 Å². The Morgan fingerprint density at radius 1 is 1.19 bits per heavy atom. The van der Waals surface area contributed by atoms with Crippen molar-refractivity contribution in [2.75, 3.05) is 23.9 Å². The molecule has 4 heterocycles. The quantitative estimate of drug-likeness (QED) is 0.326. The molecule has 16 heteroatoms. The van der Waals surface area contributed by atoms with Gasteiger partial charge in [0.15, 0.2) is 0 Å². The van der Waals surface area contributed by atoms with Crippen molar-refractivity contribution in [1.29, 1.82) is 0 Å². The summed E-state index contributed by atoms with van der Waals surface area (Å²) in [6.07, 6.45) is -0.897. The molecule has 0 bridgehead atoms. The normalized spacial score (nSPS) is 16.8. The van der Waals surface area contributed by atoms with E-state index in [0.717, 1.165) is 10.4 Å². The number of carbonyl (C=O) groups is 1. The zero-order chi connectivity index (χ0) is 30.4. The fourth-order valence-corrected chi connectivity index (χ4v) is 6.44. The molecule has 1 aliphatic rings. The van der Waals surface area contributed by atoms with Gasteiger partial charge in [-0.15, -0.1) is 10.2 Å². The lowest BCUT2D eigenvalue weighted by molar-refractivity contribution is 0.0457. The van der Waals surface area contributed by atoms with E-state index in [9.17, 15) is 31.5 Å². The Labute approximate surface area is 239 Å². The first-order valence-corrected chi connectivity index (χ1v) is 14.3. The molecule has 224 valence electrons. The maximum Gasteiger partial charge on any atom is 0.407 e. The molecule has 1 saturated heterocycles. The van der Waals surface area contributed by atoms with Crippen molar-refractivity contribution >= 4 is 27.6 Å². The third-order valence-corrected chi connectivity index (χ3v) is 8.86. The summed E-state index contributed by atoms with van der Waals surface area (Å²) in [5.41, 5.74) is 0.475. The van der Waals surface area contributed by atoms with E-state index in [-0.39, 0.29) is 37.8 Å². The maximum absolute atomic E-state index is 14.3. The molecule has 42 heavy (non-hydrogen) atoms. The van der Waals surface area contributed by atoms with Crippen LogP contribution in [0.15, 0.2) is 53.2 Å². The van der Waals surface area contributed by atoms with Crippen LogP contribution in [0.4, 0.5) is 23.7 Å². The summed E-state index contributed by atoms with van der Waals surface area (Å²) in [5, 5.41) is 16.7. The highest BCUT2D eigenvalue weighted by atomic mass is 32.2.